The van der Waals surface area contributed by atoms with Crippen LogP contribution in [0.2, 0.25) is 0 Å². The Morgan fingerprint density at radius 2 is 2.06 bits per heavy atom. The number of halogens is 3. The summed E-state index contributed by atoms with van der Waals surface area (Å²) in [6, 6.07) is 7.05. The van der Waals surface area contributed by atoms with Crippen LogP contribution < -0.4 is 11.1 Å². The zero-order valence-electron chi connectivity index (χ0n) is 9.03. The van der Waals surface area contributed by atoms with E-state index in [1.807, 2.05) is 6.07 Å². The van der Waals surface area contributed by atoms with Crippen LogP contribution in [-0.2, 0) is 12.7 Å². The zero-order chi connectivity index (χ0) is 13.2. The number of anilines is 2. The first kappa shape index (κ1) is 12.8. The Labute approximate surface area is 105 Å². The van der Waals surface area contributed by atoms with Crippen LogP contribution in [0.3, 0.4) is 0 Å². The standard InChI is InChI=1S/C10H9F3N4S/c11-10(12,13)8-16-17-9(18-8)15-7-3-1-2-6(4-7)5-14/h1-4H,5,14H2,(H,15,17). The molecule has 4 nitrogen and oxygen atoms in total. The molecule has 0 fully saturated rings. The van der Waals surface area contributed by atoms with E-state index in [0.29, 0.717) is 23.6 Å². The second-order valence-electron chi connectivity index (χ2n) is 3.44. The lowest BCUT2D eigenvalue weighted by Gasteiger charge is -2.03. The van der Waals surface area contributed by atoms with Gasteiger partial charge in [-0.15, -0.1) is 10.2 Å². The van der Waals surface area contributed by atoms with Gasteiger partial charge in [0.1, 0.15) is 0 Å². The minimum Gasteiger partial charge on any atom is -0.330 e. The maximum absolute atomic E-state index is 12.3. The molecule has 3 N–H and O–H groups in total. The lowest BCUT2D eigenvalue weighted by molar-refractivity contribution is -0.138. The van der Waals surface area contributed by atoms with Crippen molar-refractivity contribution in [2.75, 3.05) is 5.32 Å². The van der Waals surface area contributed by atoms with Crippen molar-refractivity contribution in [2.45, 2.75) is 12.7 Å². The van der Waals surface area contributed by atoms with Gasteiger partial charge in [-0.05, 0) is 17.7 Å². The normalized spacial score (nSPS) is 11.6. The minimum absolute atomic E-state index is 0.0940. The number of rotatable bonds is 3. The van der Waals surface area contributed by atoms with E-state index in [2.05, 4.69) is 15.5 Å². The van der Waals surface area contributed by atoms with Gasteiger partial charge < -0.3 is 11.1 Å². The molecule has 0 atom stereocenters. The molecule has 0 radical (unpaired) electrons. The lowest BCUT2D eigenvalue weighted by Crippen LogP contribution is -2.03. The van der Waals surface area contributed by atoms with E-state index in [4.69, 9.17) is 5.73 Å². The summed E-state index contributed by atoms with van der Waals surface area (Å²) in [5.74, 6) is 0. The van der Waals surface area contributed by atoms with E-state index in [1.54, 1.807) is 18.2 Å². The molecule has 18 heavy (non-hydrogen) atoms. The second kappa shape index (κ2) is 4.91. The average Bonchev–Trinajstić information content (AvgIpc) is 2.77. The zero-order valence-corrected chi connectivity index (χ0v) is 9.85. The summed E-state index contributed by atoms with van der Waals surface area (Å²) in [6.07, 6.45) is -4.46. The molecule has 1 aromatic carbocycles. The van der Waals surface area contributed by atoms with Crippen LogP contribution in [0.25, 0.3) is 0 Å². The smallest absolute Gasteiger partial charge is 0.330 e. The SMILES string of the molecule is NCc1cccc(Nc2nnc(C(F)(F)F)s2)c1. The van der Waals surface area contributed by atoms with Crippen LogP contribution in [0, 0.1) is 0 Å². The molecule has 0 bridgehead atoms. The Bertz CT molecular complexity index is 538. The minimum atomic E-state index is -4.46. The number of nitrogens with two attached hydrogens (primary N) is 1. The van der Waals surface area contributed by atoms with Crippen molar-refractivity contribution in [1.82, 2.24) is 10.2 Å². The van der Waals surface area contributed by atoms with Gasteiger partial charge in [0.2, 0.25) is 10.1 Å². The van der Waals surface area contributed by atoms with Gasteiger partial charge in [0, 0.05) is 12.2 Å². The fourth-order valence-corrected chi connectivity index (χ4v) is 1.92. The van der Waals surface area contributed by atoms with Crippen molar-refractivity contribution in [3.63, 3.8) is 0 Å². The first-order valence-corrected chi connectivity index (χ1v) is 5.77. The maximum atomic E-state index is 12.3. The Balaban J connectivity index is 2.16. The van der Waals surface area contributed by atoms with Gasteiger partial charge in [0.15, 0.2) is 0 Å². The van der Waals surface area contributed by atoms with Crippen molar-refractivity contribution in [2.24, 2.45) is 5.73 Å². The van der Waals surface area contributed by atoms with Crippen LogP contribution in [-0.4, -0.2) is 10.2 Å². The van der Waals surface area contributed by atoms with E-state index < -0.39 is 11.2 Å². The van der Waals surface area contributed by atoms with Gasteiger partial charge in [0.25, 0.3) is 0 Å². The first-order valence-electron chi connectivity index (χ1n) is 4.96. The first-order chi connectivity index (χ1) is 8.49. The van der Waals surface area contributed by atoms with E-state index in [0.717, 1.165) is 5.56 Å². The molecule has 8 heteroatoms. The number of aromatic nitrogens is 2. The number of hydrogen-bond acceptors (Lipinski definition) is 5. The number of benzene rings is 1. The molecule has 0 aliphatic rings. The van der Waals surface area contributed by atoms with Crippen molar-refractivity contribution in [3.05, 3.63) is 34.8 Å². The summed E-state index contributed by atoms with van der Waals surface area (Å²) in [5, 5.41) is 8.40. The molecule has 2 rings (SSSR count). The number of alkyl halides is 3. The quantitative estimate of drug-likeness (QED) is 0.903. The fraction of sp³-hybridized carbons (Fsp3) is 0.200. The van der Waals surface area contributed by atoms with Crippen LogP contribution >= 0.6 is 11.3 Å². The van der Waals surface area contributed by atoms with Gasteiger partial charge in [0.05, 0.1) is 0 Å². The summed E-state index contributed by atoms with van der Waals surface area (Å²) in [5.41, 5.74) is 6.97. The fourth-order valence-electron chi connectivity index (χ4n) is 1.29. The van der Waals surface area contributed by atoms with Crippen LogP contribution in [0.1, 0.15) is 10.6 Å². The summed E-state index contributed by atoms with van der Waals surface area (Å²) < 4.78 is 37.0. The van der Waals surface area contributed by atoms with E-state index >= 15 is 0 Å². The van der Waals surface area contributed by atoms with Gasteiger partial charge >= 0.3 is 6.18 Å². The lowest BCUT2D eigenvalue weighted by atomic mass is 10.2. The molecule has 0 unspecified atom stereocenters. The summed E-state index contributed by atoms with van der Waals surface area (Å²) in [4.78, 5) is 0. The van der Waals surface area contributed by atoms with Crippen LogP contribution in [0.4, 0.5) is 24.0 Å². The van der Waals surface area contributed by atoms with E-state index in [-0.39, 0.29) is 5.13 Å². The van der Waals surface area contributed by atoms with Crippen molar-refractivity contribution >= 4 is 22.2 Å². The van der Waals surface area contributed by atoms with Crippen LogP contribution in [0.15, 0.2) is 24.3 Å². The molecule has 0 amide bonds. The monoisotopic (exact) mass is 274 g/mol. The van der Waals surface area contributed by atoms with Crippen LogP contribution in [0.5, 0.6) is 0 Å². The molecular weight excluding hydrogens is 265 g/mol. The predicted molar refractivity (Wildman–Crippen MR) is 62.5 cm³/mol. The van der Waals surface area contributed by atoms with Crippen molar-refractivity contribution in [1.29, 1.82) is 0 Å². The Kier molecular flexibility index (Phi) is 3.48. The molecule has 96 valence electrons. The predicted octanol–water partition coefficient (Wildman–Crippen LogP) is 2.76. The molecule has 0 spiro atoms. The highest BCUT2D eigenvalue weighted by molar-refractivity contribution is 7.15. The van der Waals surface area contributed by atoms with Crippen molar-refractivity contribution in [3.8, 4) is 0 Å². The number of nitrogens with zero attached hydrogens (tertiary/aromatic N) is 2. The Morgan fingerprint density at radius 3 is 2.67 bits per heavy atom. The highest BCUT2D eigenvalue weighted by Crippen LogP contribution is 2.33. The molecule has 0 aliphatic carbocycles. The third kappa shape index (κ3) is 2.96. The third-order valence-electron chi connectivity index (χ3n) is 2.08. The molecule has 1 heterocycles. The summed E-state index contributed by atoms with van der Waals surface area (Å²) in [6.45, 7) is 0.361. The van der Waals surface area contributed by atoms with Gasteiger partial charge in [-0.3, -0.25) is 0 Å². The largest absolute Gasteiger partial charge is 0.445 e. The topological polar surface area (TPSA) is 63.8 Å². The summed E-state index contributed by atoms with van der Waals surface area (Å²) >= 11 is 0.459. The maximum Gasteiger partial charge on any atom is 0.445 e. The van der Waals surface area contributed by atoms with Crippen molar-refractivity contribution < 1.29 is 13.2 Å². The van der Waals surface area contributed by atoms with Gasteiger partial charge in [-0.2, -0.15) is 13.2 Å². The molecule has 2 aromatic rings. The average molecular weight is 274 g/mol. The summed E-state index contributed by atoms with van der Waals surface area (Å²) in [7, 11) is 0. The molecular formula is C10H9F3N4S. The number of nitrogens with one attached hydrogen (secondary N) is 1. The third-order valence-corrected chi connectivity index (χ3v) is 2.96. The van der Waals surface area contributed by atoms with E-state index in [9.17, 15) is 13.2 Å². The van der Waals surface area contributed by atoms with E-state index in [1.165, 1.54) is 0 Å². The van der Waals surface area contributed by atoms with Gasteiger partial charge in [-0.1, -0.05) is 23.5 Å². The highest BCUT2D eigenvalue weighted by Gasteiger charge is 2.35. The molecule has 0 saturated heterocycles. The Morgan fingerprint density at radius 1 is 1.28 bits per heavy atom. The molecule has 0 aliphatic heterocycles. The Hall–Kier alpha value is -1.67. The number of hydrogen-bond donors (Lipinski definition) is 2. The highest BCUT2D eigenvalue weighted by atomic mass is 32.1. The van der Waals surface area contributed by atoms with Gasteiger partial charge in [-0.25, -0.2) is 0 Å². The molecule has 0 saturated carbocycles. The molecule has 1 aromatic heterocycles. The second-order valence-corrected chi connectivity index (χ2v) is 4.42.